The maximum atomic E-state index is 9.85. The van der Waals surface area contributed by atoms with E-state index in [0.29, 0.717) is 25.5 Å². The molecule has 90 valence electrons. The molecule has 0 fully saturated rings. The van der Waals surface area contributed by atoms with Crippen molar-refractivity contribution >= 4 is 5.96 Å². The number of nitrogens with zero attached hydrogens (tertiary/aromatic N) is 1. The number of nitrogens with two attached hydrogens (primary N) is 1. The zero-order chi connectivity index (χ0) is 11.7. The molecule has 0 spiro atoms. The van der Waals surface area contributed by atoms with Crippen LogP contribution in [0.2, 0.25) is 0 Å². The lowest BCUT2D eigenvalue weighted by molar-refractivity contribution is 0.0326. The first-order chi connectivity index (χ1) is 7.02. The van der Waals surface area contributed by atoms with E-state index in [1.54, 1.807) is 14.0 Å². The third kappa shape index (κ3) is 8.20. The molecule has 0 aromatic heterocycles. The second-order valence-electron chi connectivity index (χ2n) is 3.87. The molecular weight excluding hydrogens is 194 g/mol. The van der Waals surface area contributed by atoms with Crippen molar-refractivity contribution in [1.82, 2.24) is 5.32 Å². The Morgan fingerprint density at radius 1 is 1.60 bits per heavy atom. The molecule has 0 amide bonds. The number of hydrogen-bond donors (Lipinski definition) is 3. The number of ether oxygens (including phenoxy) is 1. The Balaban J connectivity index is 3.88. The van der Waals surface area contributed by atoms with Gasteiger partial charge in [-0.15, -0.1) is 0 Å². The van der Waals surface area contributed by atoms with E-state index in [9.17, 15) is 5.11 Å². The number of hydrogen-bond acceptors (Lipinski definition) is 3. The zero-order valence-electron chi connectivity index (χ0n) is 9.92. The van der Waals surface area contributed by atoms with Crippen molar-refractivity contribution in [3.8, 4) is 0 Å². The van der Waals surface area contributed by atoms with E-state index in [-0.39, 0.29) is 0 Å². The molecule has 0 heterocycles. The molecule has 1 atom stereocenters. The Morgan fingerprint density at radius 3 is 2.80 bits per heavy atom. The average molecular weight is 217 g/mol. The van der Waals surface area contributed by atoms with E-state index in [4.69, 9.17) is 10.5 Å². The second-order valence-corrected chi connectivity index (χ2v) is 3.87. The van der Waals surface area contributed by atoms with Crippen molar-refractivity contribution < 1.29 is 9.84 Å². The van der Waals surface area contributed by atoms with Gasteiger partial charge in [0, 0.05) is 26.7 Å². The van der Waals surface area contributed by atoms with E-state index < -0.39 is 5.60 Å². The Hall–Kier alpha value is -0.810. The van der Waals surface area contributed by atoms with E-state index in [1.165, 1.54) is 0 Å². The third-order valence-corrected chi connectivity index (χ3v) is 1.99. The number of aliphatic imine (C=N–C) groups is 1. The largest absolute Gasteiger partial charge is 0.388 e. The standard InChI is InChI=1S/C10H23N3O2/c1-4-6-12-9(11)13-8-10(2,14)5-7-15-3/h14H,4-8H2,1-3H3,(H3,11,12,13). The van der Waals surface area contributed by atoms with Crippen LogP contribution in [0.4, 0.5) is 0 Å². The Kier molecular flexibility index (Phi) is 7.07. The smallest absolute Gasteiger partial charge is 0.188 e. The van der Waals surface area contributed by atoms with Crippen LogP contribution in [0.5, 0.6) is 0 Å². The number of methoxy groups -OCH3 is 1. The summed E-state index contributed by atoms with van der Waals surface area (Å²) >= 11 is 0. The van der Waals surface area contributed by atoms with Crippen molar-refractivity contribution in [3.63, 3.8) is 0 Å². The third-order valence-electron chi connectivity index (χ3n) is 1.99. The highest BCUT2D eigenvalue weighted by molar-refractivity contribution is 5.77. The fraction of sp³-hybridized carbons (Fsp3) is 0.900. The lowest BCUT2D eigenvalue weighted by Gasteiger charge is -2.20. The lowest BCUT2D eigenvalue weighted by atomic mass is 10.0. The van der Waals surface area contributed by atoms with Gasteiger partial charge in [-0.25, -0.2) is 0 Å². The first-order valence-corrected chi connectivity index (χ1v) is 5.27. The summed E-state index contributed by atoms with van der Waals surface area (Å²) in [6.07, 6.45) is 1.55. The van der Waals surface area contributed by atoms with Crippen LogP contribution >= 0.6 is 0 Å². The minimum absolute atomic E-state index is 0.291. The predicted octanol–water partition coefficient (Wildman–Crippen LogP) is 0.0882. The molecule has 0 bridgehead atoms. The van der Waals surface area contributed by atoms with Gasteiger partial charge < -0.3 is 20.9 Å². The molecule has 0 aromatic carbocycles. The molecule has 0 radical (unpaired) electrons. The molecular formula is C10H23N3O2. The molecule has 0 rings (SSSR count). The number of guanidine groups is 1. The monoisotopic (exact) mass is 217 g/mol. The Morgan fingerprint density at radius 2 is 2.27 bits per heavy atom. The fourth-order valence-electron chi connectivity index (χ4n) is 0.965. The van der Waals surface area contributed by atoms with Gasteiger partial charge in [0.05, 0.1) is 12.1 Å². The van der Waals surface area contributed by atoms with Crippen LogP contribution in [-0.2, 0) is 4.74 Å². The SMILES string of the molecule is CCCNC(N)=NCC(C)(O)CCOC. The normalized spacial score (nSPS) is 16.1. The van der Waals surface area contributed by atoms with Crippen LogP contribution in [-0.4, -0.2) is 43.5 Å². The van der Waals surface area contributed by atoms with E-state index in [0.717, 1.165) is 13.0 Å². The minimum atomic E-state index is -0.853. The van der Waals surface area contributed by atoms with Gasteiger partial charge in [0.2, 0.25) is 0 Å². The quantitative estimate of drug-likeness (QED) is 0.417. The second kappa shape index (κ2) is 7.48. The first-order valence-electron chi connectivity index (χ1n) is 5.27. The summed E-state index contributed by atoms with van der Waals surface area (Å²) in [5, 5.41) is 12.8. The van der Waals surface area contributed by atoms with E-state index in [2.05, 4.69) is 17.2 Å². The highest BCUT2D eigenvalue weighted by Crippen LogP contribution is 2.09. The molecule has 1 unspecified atom stereocenters. The minimum Gasteiger partial charge on any atom is -0.388 e. The van der Waals surface area contributed by atoms with E-state index >= 15 is 0 Å². The summed E-state index contributed by atoms with van der Waals surface area (Å²) in [4.78, 5) is 4.06. The Labute approximate surface area is 91.7 Å². The summed E-state index contributed by atoms with van der Waals surface area (Å²) in [5.41, 5.74) is 4.74. The van der Waals surface area contributed by atoms with Crippen molar-refractivity contribution in [1.29, 1.82) is 0 Å². The molecule has 5 nitrogen and oxygen atoms in total. The average Bonchev–Trinajstić information content (AvgIpc) is 2.21. The molecule has 4 N–H and O–H groups in total. The van der Waals surface area contributed by atoms with Gasteiger partial charge in [0.15, 0.2) is 5.96 Å². The summed E-state index contributed by atoms with van der Waals surface area (Å²) < 4.78 is 4.89. The van der Waals surface area contributed by atoms with E-state index in [1.807, 2.05) is 0 Å². The first kappa shape index (κ1) is 14.2. The van der Waals surface area contributed by atoms with Crippen molar-refractivity contribution in [3.05, 3.63) is 0 Å². The van der Waals surface area contributed by atoms with Crippen molar-refractivity contribution in [2.45, 2.75) is 32.3 Å². The van der Waals surface area contributed by atoms with Gasteiger partial charge in [0.25, 0.3) is 0 Å². The fourth-order valence-corrected chi connectivity index (χ4v) is 0.965. The van der Waals surface area contributed by atoms with Gasteiger partial charge >= 0.3 is 0 Å². The van der Waals surface area contributed by atoms with Gasteiger partial charge in [-0.3, -0.25) is 4.99 Å². The van der Waals surface area contributed by atoms with Gasteiger partial charge in [-0.1, -0.05) is 6.92 Å². The number of rotatable bonds is 7. The maximum absolute atomic E-state index is 9.85. The van der Waals surface area contributed by atoms with Gasteiger partial charge in [0.1, 0.15) is 0 Å². The maximum Gasteiger partial charge on any atom is 0.188 e. The van der Waals surface area contributed by atoms with Crippen LogP contribution in [0.1, 0.15) is 26.7 Å². The topological polar surface area (TPSA) is 79.9 Å². The molecule has 0 aliphatic heterocycles. The molecule has 0 saturated heterocycles. The number of nitrogens with one attached hydrogen (secondary N) is 1. The van der Waals surface area contributed by atoms with Crippen molar-refractivity contribution in [2.24, 2.45) is 10.7 Å². The zero-order valence-corrected chi connectivity index (χ0v) is 9.92. The molecule has 15 heavy (non-hydrogen) atoms. The molecule has 0 aliphatic carbocycles. The van der Waals surface area contributed by atoms with Crippen LogP contribution in [0.15, 0.2) is 4.99 Å². The summed E-state index contributed by atoms with van der Waals surface area (Å²) in [6.45, 7) is 5.39. The van der Waals surface area contributed by atoms with Crippen LogP contribution in [0.25, 0.3) is 0 Å². The van der Waals surface area contributed by atoms with Gasteiger partial charge in [-0.2, -0.15) is 0 Å². The molecule has 0 saturated carbocycles. The molecule has 0 aromatic rings. The van der Waals surface area contributed by atoms with Gasteiger partial charge in [-0.05, 0) is 13.3 Å². The summed E-state index contributed by atoms with van der Waals surface area (Å²) in [5.74, 6) is 0.384. The highest BCUT2D eigenvalue weighted by Gasteiger charge is 2.19. The Bertz CT molecular complexity index is 193. The van der Waals surface area contributed by atoms with Crippen LogP contribution in [0, 0.1) is 0 Å². The van der Waals surface area contributed by atoms with Crippen LogP contribution < -0.4 is 11.1 Å². The van der Waals surface area contributed by atoms with Crippen molar-refractivity contribution in [2.75, 3.05) is 26.8 Å². The molecule has 0 aliphatic rings. The predicted molar refractivity (Wildman–Crippen MR) is 61.9 cm³/mol. The molecule has 5 heteroatoms. The lowest BCUT2D eigenvalue weighted by Crippen LogP contribution is -2.36. The summed E-state index contributed by atoms with van der Waals surface area (Å²) in [6, 6.07) is 0. The highest BCUT2D eigenvalue weighted by atomic mass is 16.5. The van der Waals surface area contributed by atoms with Crippen LogP contribution in [0.3, 0.4) is 0 Å². The number of aliphatic hydroxyl groups is 1. The summed E-state index contributed by atoms with van der Waals surface area (Å²) in [7, 11) is 1.61.